The Balaban J connectivity index is 0.000000138. The fourth-order valence-electron chi connectivity index (χ4n) is 10.5. The normalized spacial score (nSPS) is 13.2. The first-order valence-corrected chi connectivity index (χ1v) is 24.3. The van der Waals surface area contributed by atoms with Crippen molar-refractivity contribution in [3.63, 3.8) is 0 Å². The Morgan fingerprint density at radius 3 is 1.68 bits per heavy atom. The van der Waals surface area contributed by atoms with Gasteiger partial charge in [0.15, 0.2) is 0 Å². The number of hydrogen-bond donors (Lipinski definition) is 2. The summed E-state index contributed by atoms with van der Waals surface area (Å²) in [5.74, 6) is 0. The molecule has 336 valence electrons. The molecular weight excluding hydrogens is 843 g/mol. The van der Waals surface area contributed by atoms with Crippen molar-refractivity contribution in [1.29, 1.82) is 0 Å². The third-order valence-electron chi connectivity index (χ3n) is 13.8. The highest BCUT2D eigenvalue weighted by Crippen LogP contribution is 2.62. The number of aryl methyl sites for hydroxylation is 1. The Bertz CT molecular complexity index is 3150. The zero-order valence-corrected chi connectivity index (χ0v) is 40.1. The van der Waals surface area contributed by atoms with E-state index >= 15 is 0 Å². The van der Waals surface area contributed by atoms with E-state index in [9.17, 15) is 0 Å². The average molecular weight is 902 g/mol. The first-order valence-electron chi connectivity index (χ1n) is 23.5. The van der Waals surface area contributed by atoms with Crippen LogP contribution in [0, 0.1) is 6.92 Å². The van der Waals surface area contributed by atoms with E-state index in [1.165, 1.54) is 92.9 Å². The molecule has 2 aliphatic rings. The van der Waals surface area contributed by atoms with Crippen LogP contribution in [0.5, 0.6) is 0 Å². The standard InChI is InChI=1S/C30H28N2.C20H18S.C14H13N/c1-29(2)23-9-3-5-11-25(23)30(26-12-6-4-10-24(26)29)22-15-14-19(17-31)16-21(22)28-20(18-32)8-7-13-27(28)30;1-15-7-3-6-10-20(15)21-16(2)13-17-11-12-18-8-4-5-9-19(18)14-17;1-15-14(12-8-4-2-5-9-12)13-10-6-3-7-11-13/h3-16H,17-18,31-32H2,1-2H3;3-12,14H,2,13H2,1H3;2-11,14H,1H2. The van der Waals surface area contributed by atoms with Gasteiger partial charge in [0.25, 0.3) is 0 Å². The van der Waals surface area contributed by atoms with Gasteiger partial charge in [-0.05, 0) is 119 Å². The summed E-state index contributed by atoms with van der Waals surface area (Å²) in [7, 11) is 0. The first-order chi connectivity index (χ1) is 33.2. The van der Waals surface area contributed by atoms with Crippen molar-refractivity contribution < 1.29 is 0 Å². The van der Waals surface area contributed by atoms with Gasteiger partial charge in [-0.1, -0.05) is 232 Å². The molecule has 0 amide bonds. The maximum absolute atomic E-state index is 6.28. The van der Waals surface area contributed by atoms with Crippen LogP contribution in [0.2, 0.25) is 0 Å². The van der Waals surface area contributed by atoms with Crippen LogP contribution in [0.25, 0.3) is 21.9 Å². The molecule has 2 aliphatic carbocycles. The van der Waals surface area contributed by atoms with Gasteiger partial charge in [0, 0.05) is 29.8 Å². The van der Waals surface area contributed by atoms with Gasteiger partial charge in [-0.15, -0.1) is 0 Å². The van der Waals surface area contributed by atoms with Crippen LogP contribution in [-0.4, -0.2) is 6.72 Å². The van der Waals surface area contributed by atoms with E-state index < -0.39 is 0 Å². The van der Waals surface area contributed by atoms with E-state index in [0.717, 1.165) is 12.0 Å². The van der Waals surface area contributed by atoms with Gasteiger partial charge in [0.2, 0.25) is 0 Å². The molecule has 68 heavy (non-hydrogen) atoms. The topological polar surface area (TPSA) is 64.4 Å². The number of rotatable bonds is 9. The summed E-state index contributed by atoms with van der Waals surface area (Å²) in [4.78, 5) is 6.65. The van der Waals surface area contributed by atoms with Gasteiger partial charge in [0.05, 0.1) is 11.5 Å². The van der Waals surface area contributed by atoms with Crippen LogP contribution in [0.1, 0.15) is 86.7 Å². The Morgan fingerprint density at radius 1 is 0.529 bits per heavy atom. The van der Waals surface area contributed by atoms with Crippen molar-refractivity contribution in [3.8, 4) is 11.1 Å². The smallest absolute Gasteiger partial charge is 0.0992 e. The highest BCUT2D eigenvalue weighted by molar-refractivity contribution is 8.03. The van der Waals surface area contributed by atoms with Crippen molar-refractivity contribution in [2.75, 3.05) is 0 Å². The summed E-state index contributed by atoms with van der Waals surface area (Å²) in [6.45, 7) is 15.8. The molecule has 11 rings (SSSR count). The molecule has 0 saturated carbocycles. The second kappa shape index (κ2) is 20.0. The molecule has 0 atom stereocenters. The Labute approximate surface area is 407 Å². The molecule has 0 bridgehead atoms. The minimum atomic E-state index is -0.355. The summed E-state index contributed by atoms with van der Waals surface area (Å²) < 4.78 is 0. The molecule has 4 heteroatoms. The van der Waals surface area contributed by atoms with Crippen LogP contribution in [0.3, 0.4) is 0 Å². The highest BCUT2D eigenvalue weighted by Gasteiger charge is 2.53. The zero-order chi connectivity index (χ0) is 47.3. The van der Waals surface area contributed by atoms with E-state index in [0.29, 0.717) is 13.1 Å². The largest absolute Gasteiger partial charge is 0.326 e. The number of allylic oxidation sites excluding steroid dienone is 1. The lowest BCUT2D eigenvalue weighted by Crippen LogP contribution is -2.40. The molecule has 0 saturated heterocycles. The summed E-state index contributed by atoms with van der Waals surface area (Å²) in [6, 6.07) is 75.5. The van der Waals surface area contributed by atoms with Crippen LogP contribution in [0.4, 0.5) is 0 Å². The molecule has 0 radical (unpaired) electrons. The van der Waals surface area contributed by atoms with Crippen molar-refractivity contribution in [2.24, 2.45) is 16.5 Å². The molecule has 0 heterocycles. The predicted octanol–water partition coefficient (Wildman–Crippen LogP) is 15.1. The van der Waals surface area contributed by atoms with Crippen molar-refractivity contribution in [3.05, 3.63) is 291 Å². The number of thioether (sulfide) groups is 1. The molecular formula is C64H59N3S. The number of hydrogen-bond acceptors (Lipinski definition) is 4. The third kappa shape index (κ3) is 8.68. The lowest BCUT2D eigenvalue weighted by molar-refractivity contribution is 0.563. The van der Waals surface area contributed by atoms with E-state index in [2.05, 4.69) is 215 Å². The lowest BCUT2D eigenvalue weighted by Gasteiger charge is -2.46. The third-order valence-corrected chi connectivity index (χ3v) is 14.9. The quantitative estimate of drug-likeness (QED) is 0.112. The van der Waals surface area contributed by atoms with Crippen LogP contribution in [-0.2, 0) is 30.3 Å². The van der Waals surface area contributed by atoms with E-state index in [1.54, 1.807) is 11.8 Å². The van der Waals surface area contributed by atoms with Gasteiger partial charge in [-0.3, -0.25) is 4.99 Å². The van der Waals surface area contributed by atoms with Gasteiger partial charge in [-0.25, -0.2) is 0 Å². The monoisotopic (exact) mass is 901 g/mol. The van der Waals surface area contributed by atoms with Gasteiger partial charge >= 0.3 is 0 Å². The summed E-state index contributed by atoms with van der Waals surface area (Å²) in [5.41, 5.74) is 30.0. The molecule has 0 fully saturated rings. The van der Waals surface area contributed by atoms with E-state index in [1.807, 2.05) is 36.4 Å². The fraction of sp³-hybridized carbons (Fsp3) is 0.141. The zero-order valence-electron chi connectivity index (χ0n) is 39.3. The lowest BCUT2D eigenvalue weighted by atomic mass is 9.55. The molecule has 1 spiro atoms. The molecule has 0 unspecified atom stereocenters. The summed E-state index contributed by atoms with van der Waals surface area (Å²) in [6.07, 6.45) is 0.907. The Morgan fingerprint density at radius 2 is 1.07 bits per heavy atom. The number of nitrogens with zero attached hydrogens (tertiary/aromatic N) is 1. The molecule has 9 aromatic carbocycles. The predicted molar refractivity (Wildman–Crippen MR) is 290 cm³/mol. The Kier molecular flexibility index (Phi) is 13.6. The van der Waals surface area contributed by atoms with Crippen LogP contribution >= 0.6 is 11.8 Å². The van der Waals surface area contributed by atoms with Crippen LogP contribution < -0.4 is 11.5 Å². The van der Waals surface area contributed by atoms with Gasteiger partial charge < -0.3 is 11.5 Å². The van der Waals surface area contributed by atoms with Crippen LogP contribution in [0.15, 0.2) is 234 Å². The summed E-state index contributed by atoms with van der Waals surface area (Å²) in [5, 5.41) is 2.59. The number of nitrogens with two attached hydrogens (primary N) is 2. The maximum atomic E-state index is 6.28. The first kappa shape index (κ1) is 46.0. The van der Waals surface area contributed by atoms with Crippen molar-refractivity contribution in [2.45, 2.75) is 62.0 Å². The van der Waals surface area contributed by atoms with Crippen molar-refractivity contribution >= 4 is 29.3 Å². The second-order valence-electron chi connectivity index (χ2n) is 18.3. The summed E-state index contributed by atoms with van der Waals surface area (Å²) >= 11 is 1.78. The van der Waals surface area contributed by atoms with E-state index in [-0.39, 0.29) is 16.9 Å². The molecule has 3 nitrogen and oxygen atoms in total. The number of aliphatic imine (C=N–C) groups is 1. The molecule has 0 aromatic heterocycles. The fourth-order valence-corrected chi connectivity index (χ4v) is 11.4. The molecule has 9 aromatic rings. The van der Waals surface area contributed by atoms with Gasteiger partial charge in [0.1, 0.15) is 0 Å². The maximum Gasteiger partial charge on any atom is 0.0992 e. The minimum Gasteiger partial charge on any atom is -0.326 e. The average Bonchev–Trinajstić information content (AvgIpc) is 3.68. The minimum absolute atomic E-state index is 0.0485. The molecule has 0 aliphatic heterocycles. The Hall–Kier alpha value is -7.08. The second-order valence-corrected chi connectivity index (χ2v) is 19.5. The molecule has 4 N–H and O–H groups in total. The van der Waals surface area contributed by atoms with Gasteiger partial charge in [-0.2, -0.15) is 0 Å². The SMILES string of the molecule is C=C(Cc1ccc2ccccc2c1)Sc1ccccc1C.C=NC(c1ccccc1)c1ccccc1.CC1(C)c2ccccc2C2(c3ccc(CN)cc3-c3c(CN)cccc32)c2ccccc21. The number of fused-ring (bicyclic) bond motifs is 10. The number of benzene rings is 9. The van der Waals surface area contributed by atoms with E-state index in [4.69, 9.17) is 11.5 Å². The van der Waals surface area contributed by atoms with Crippen molar-refractivity contribution in [1.82, 2.24) is 0 Å². The highest BCUT2D eigenvalue weighted by atomic mass is 32.2.